The van der Waals surface area contributed by atoms with Gasteiger partial charge in [-0.05, 0) is 42.8 Å². The molecule has 0 saturated heterocycles. The van der Waals surface area contributed by atoms with E-state index >= 15 is 0 Å². The second kappa shape index (κ2) is 4.45. The van der Waals surface area contributed by atoms with E-state index in [0.717, 1.165) is 17.7 Å². The molecule has 0 fully saturated rings. The maximum Gasteiger partial charge on any atom is 0.0876 e. The Kier molecular flexibility index (Phi) is 3.22. The van der Waals surface area contributed by atoms with E-state index in [4.69, 9.17) is 0 Å². The highest BCUT2D eigenvalue weighted by atomic mass is 32.1. The van der Waals surface area contributed by atoms with Crippen LogP contribution in [-0.2, 0) is 6.42 Å². The van der Waals surface area contributed by atoms with Crippen molar-refractivity contribution in [2.75, 3.05) is 0 Å². The van der Waals surface area contributed by atoms with Crippen molar-refractivity contribution in [1.82, 2.24) is 4.37 Å². The van der Waals surface area contributed by atoms with Gasteiger partial charge in [0, 0.05) is 17.5 Å². The second-order valence-corrected chi connectivity index (χ2v) is 5.24. The van der Waals surface area contributed by atoms with Crippen molar-refractivity contribution in [2.45, 2.75) is 38.2 Å². The third kappa shape index (κ3) is 2.67. The second-order valence-electron chi connectivity index (χ2n) is 4.33. The van der Waals surface area contributed by atoms with Gasteiger partial charge in [-0.2, -0.15) is 0 Å². The van der Waals surface area contributed by atoms with Crippen molar-refractivity contribution in [3.63, 3.8) is 0 Å². The molecule has 0 amide bonds. The van der Waals surface area contributed by atoms with E-state index < -0.39 is 5.60 Å². The van der Waals surface area contributed by atoms with Crippen LogP contribution < -0.4 is 0 Å². The van der Waals surface area contributed by atoms with E-state index in [9.17, 15) is 5.11 Å². The molecule has 2 atom stereocenters. The molecule has 1 aliphatic carbocycles. The molecule has 1 aromatic heterocycles. The van der Waals surface area contributed by atoms with Crippen LogP contribution in [-0.4, -0.2) is 15.1 Å². The third-order valence-electron chi connectivity index (χ3n) is 3.12. The van der Waals surface area contributed by atoms with Crippen molar-refractivity contribution in [1.29, 1.82) is 0 Å². The maximum atomic E-state index is 10.3. The lowest BCUT2D eigenvalue weighted by molar-refractivity contribution is 0.0695. The summed E-state index contributed by atoms with van der Waals surface area (Å²) in [5.41, 5.74) is -0.627. The van der Waals surface area contributed by atoms with Crippen LogP contribution in [0.25, 0.3) is 0 Å². The summed E-state index contributed by atoms with van der Waals surface area (Å²) >= 11 is 1.48. The molecule has 0 aliphatic heterocycles. The normalized spacial score (nSPS) is 30.7. The van der Waals surface area contributed by atoms with Gasteiger partial charge in [0.15, 0.2) is 0 Å². The Morgan fingerprint density at radius 3 is 3.07 bits per heavy atom. The first-order valence-corrected chi connectivity index (χ1v) is 6.30. The number of aromatic nitrogens is 1. The number of nitrogens with zero attached hydrogens (tertiary/aromatic N) is 1. The van der Waals surface area contributed by atoms with E-state index in [1.165, 1.54) is 18.0 Å². The lowest BCUT2D eigenvalue weighted by Crippen LogP contribution is -2.31. The van der Waals surface area contributed by atoms with Crippen molar-refractivity contribution < 1.29 is 5.11 Å². The Morgan fingerprint density at radius 2 is 2.53 bits per heavy atom. The fourth-order valence-corrected chi connectivity index (χ4v) is 2.75. The van der Waals surface area contributed by atoms with E-state index in [1.54, 1.807) is 6.20 Å². The summed E-state index contributed by atoms with van der Waals surface area (Å²) in [5.74, 6) is 0.659. The summed E-state index contributed by atoms with van der Waals surface area (Å²) in [7, 11) is 0. The van der Waals surface area contributed by atoms with E-state index in [-0.39, 0.29) is 0 Å². The highest BCUT2D eigenvalue weighted by molar-refractivity contribution is 7.05. The molecular weight excluding hydrogens is 206 g/mol. The smallest absolute Gasteiger partial charge is 0.0876 e. The van der Waals surface area contributed by atoms with Crippen molar-refractivity contribution in [2.24, 2.45) is 5.92 Å². The topological polar surface area (TPSA) is 33.1 Å². The quantitative estimate of drug-likeness (QED) is 0.799. The number of rotatable bonds is 3. The molecule has 2 rings (SSSR count). The summed E-state index contributed by atoms with van der Waals surface area (Å²) < 4.78 is 4.06. The van der Waals surface area contributed by atoms with Crippen LogP contribution in [0.1, 0.15) is 31.1 Å². The predicted molar refractivity (Wildman–Crippen MR) is 62.9 cm³/mol. The van der Waals surface area contributed by atoms with Gasteiger partial charge in [-0.1, -0.05) is 19.1 Å². The van der Waals surface area contributed by atoms with Gasteiger partial charge in [0.2, 0.25) is 0 Å². The van der Waals surface area contributed by atoms with Crippen LogP contribution in [0.3, 0.4) is 0 Å². The van der Waals surface area contributed by atoms with Gasteiger partial charge in [0.05, 0.1) is 5.60 Å². The summed E-state index contributed by atoms with van der Waals surface area (Å²) in [5, 5.41) is 10.3. The summed E-state index contributed by atoms with van der Waals surface area (Å²) in [6.07, 6.45) is 9.82. The Bertz CT molecular complexity index is 333. The van der Waals surface area contributed by atoms with Crippen molar-refractivity contribution in [3.05, 3.63) is 29.3 Å². The molecule has 3 heteroatoms. The lowest BCUT2D eigenvalue weighted by atomic mass is 9.82. The van der Waals surface area contributed by atoms with Gasteiger partial charge in [-0.25, -0.2) is 4.37 Å². The third-order valence-corrected chi connectivity index (χ3v) is 3.86. The number of hydrogen-bond acceptors (Lipinski definition) is 3. The minimum absolute atomic E-state index is 0.627. The Morgan fingerprint density at radius 1 is 1.67 bits per heavy atom. The van der Waals surface area contributed by atoms with E-state index in [1.807, 2.05) is 12.1 Å². The molecule has 0 aromatic carbocycles. The van der Waals surface area contributed by atoms with Gasteiger partial charge in [0.25, 0.3) is 0 Å². The van der Waals surface area contributed by atoms with Crippen LogP contribution in [0.15, 0.2) is 24.4 Å². The first-order chi connectivity index (χ1) is 7.22. The molecule has 0 saturated carbocycles. The standard InChI is InChI=1S/C12H17NOS/c1-2-10-3-6-12(14,7-4-10)9-11-5-8-13-15-11/h3,5-6,8,10,14H,2,4,7,9H2,1H3. The molecule has 1 heterocycles. The molecule has 2 unspecified atom stereocenters. The lowest BCUT2D eigenvalue weighted by Gasteiger charge is -2.30. The minimum atomic E-state index is -0.627. The summed E-state index contributed by atoms with van der Waals surface area (Å²) in [6, 6.07) is 1.99. The van der Waals surface area contributed by atoms with E-state index in [0.29, 0.717) is 12.3 Å². The van der Waals surface area contributed by atoms with E-state index in [2.05, 4.69) is 17.4 Å². The fourth-order valence-electron chi connectivity index (χ4n) is 2.05. The largest absolute Gasteiger partial charge is 0.385 e. The van der Waals surface area contributed by atoms with Crippen molar-refractivity contribution in [3.8, 4) is 0 Å². The fraction of sp³-hybridized carbons (Fsp3) is 0.583. The molecular formula is C12H17NOS. The number of hydrogen-bond donors (Lipinski definition) is 1. The predicted octanol–water partition coefficient (Wildman–Crippen LogP) is 2.79. The van der Waals surface area contributed by atoms with Crippen molar-refractivity contribution >= 4 is 11.5 Å². The Hall–Kier alpha value is -0.670. The number of aliphatic hydroxyl groups is 1. The van der Waals surface area contributed by atoms with Crippen LogP contribution in [0.2, 0.25) is 0 Å². The minimum Gasteiger partial charge on any atom is -0.385 e. The van der Waals surface area contributed by atoms with Gasteiger partial charge >= 0.3 is 0 Å². The highest BCUT2D eigenvalue weighted by Gasteiger charge is 2.28. The molecule has 0 spiro atoms. The van der Waals surface area contributed by atoms with Crippen LogP contribution >= 0.6 is 11.5 Å². The molecule has 1 aliphatic rings. The Balaban J connectivity index is 2.03. The first-order valence-electron chi connectivity index (χ1n) is 5.53. The molecule has 2 nitrogen and oxygen atoms in total. The zero-order valence-electron chi connectivity index (χ0n) is 9.02. The molecule has 1 N–H and O–H groups in total. The summed E-state index contributed by atoms with van der Waals surface area (Å²) in [4.78, 5) is 1.16. The molecule has 15 heavy (non-hydrogen) atoms. The molecule has 0 radical (unpaired) electrons. The molecule has 82 valence electrons. The number of allylic oxidation sites excluding steroid dienone is 1. The molecule has 1 aromatic rings. The average Bonchev–Trinajstić information content (AvgIpc) is 2.71. The van der Waals surface area contributed by atoms with Crippen LogP contribution in [0, 0.1) is 5.92 Å². The highest BCUT2D eigenvalue weighted by Crippen LogP contribution is 2.30. The zero-order chi connectivity index (χ0) is 10.7. The van der Waals surface area contributed by atoms with Gasteiger partial charge in [-0.3, -0.25) is 0 Å². The average molecular weight is 223 g/mol. The first kappa shape index (κ1) is 10.8. The summed E-state index contributed by atoms with van der Waals surface area (Å²) in [6.45, 7) is 2.20. The van der Waals surface area contributed by atoms with Crippen LogP contribution in [0.5, 0.6) is 0 Å². The maximum absolute atomic E-state index is 10.3. The SMILES string of the molecule is CCC1C=CC(O)(Cc2ccns2)CC1. The van der Waals surface area contributed by atoms with Crippen LogP contribution in [0.4, 0.5) is 0 Å². The van der Waals surface area contributed by atoms with Gasteiger partial charge in [0.1, 0.15) is 0 Å². The Labute approximate surface area is 94.8 Å². The molecule has 0 bridgehead atoms. The zero-order valence-corrected chi connectivity index (χ0v) is 9.83. The van der Waals surface area contributed by atoms with Gasteiger partial charge < -0.3 is 5.11 Å². The monoisotopic (exact) mass is 223 g/mol. The van der Waals surface area contributed by atoms with Gasteiger partial charge in [-0.15, -0.1) is 0 Å².